The molecule has 53 heavy (non-hydrogen) atoms. The number of aryl methyl sites for hydroxylation is 1. The number of phenols is 1. The van der Waals surface area contributed by atoms with Crippen LogP contribution in [0.4, 0.5) is 0 Å². The largest absolute Gasteiger partial charge is 0.507 e. The Kier molecular flexibility index (Phi) is 8.98. The van der Waals surface area contributed by atoms with Gasteiger partial charge in [-0.1, -0.05) is 66.2 Å². The van der Waals surface area contributed by atoms with Crippen LogP contribution in [0.5, 0.6) is 11.5 Å². The molecule has 4 N–H and O–H groups in total. The molecule has 1 aromatic carbocycles. The Bertz CT molecular complexity index is 1950. The zero-order chi connectivity index (χ0) is 38.7. The third-order valence-electron chi connectivity index (χ3n) is 16.4. The zero-order valence-corrected chi connectivity index (χ0v) is 33.4. The Morgan fingerprint density at radius 1 is 0.868 bits per heavy atom. The summed E-state index contributed by atoms with van der Waals surface area (Å²) in [5.41, 5.74) is 2.16. The number of hydrogen-bond acceptors (Lipinski definition) is 7. The number of carboxylic acids is 1. The van der Waals surface area contributed by atoms with E-state index in [4.69, 9.17) is 9.15 Å². The average molecular weight is 731 g/mol. The molecule has 1 aliphatic heterocycles. The van der Waals surface area contributed by atoms with Crippen molar-refractivity contribution in [2.24, 2.45) is 50.2 Å². The Morgan fingerprint density at radius 3 is 2.28 bits per heavy atom. The zero-order valence-electron chi connectivity index (χ0n) is 33.4. The highest BCUT2D eigenvalue weighted by Crippen LogP contribution is 2.75. The van der Waals surface area contributed by atoms with Crippen molar-refractivity contribution in [1.82, 2.24) is 0 Å². The molecule has 0 saturated heterocycles. The number of aliphatic hydroxyl groups is 2. The molecule has 5 aliphatic carbocycles. The van der Waals surface area contributed by atoms with Crippen LogP contribution in [0.15, 0.2) is 44.6 Å². The summed E-state index contributed by atoms with van der Waals surface area (Å²) in [4.78, 5) is 24.8. The number of benzene rings is 1. The van der Waals surface area contributed by atoms with Crippen LogP contribution >= 0.6 is 0 Å². The van der Waals surface area contributed by atoms with Crippen LogP contribution in [0.3, 0.4) is 0 Å². The summed E-state index contributed by atoms with van der Waals surface area (Å²) in [6.07, 6.45) is 11.9. The standard InChI is InChI=1S/C30H48O4.C15H14O4/c1-25(2)14-15-30(24(33)34)19(16-25)18-8-9-21-27(5)12-11-22(31)26(3,4)20(27)10-13-28(21,6)29(18,7)17-23(30)32;1-8-3-4-10-12(18-7-8)6-13-14(15(10)17)11(16)5-9(2)19-13/h8,19-23,31-32H,9-17H2,1-7H3,(H,33,34);3,5-6,17H,4,7H2,1-2H3. The van der Waals surface area contributed by atoms with E-state index in [0.29, 0.717) is 60.4 Å². The van der Waals surface area contributed by atoms with Gasteiger partial charge in [-0.15, -0.1) is 0 Å². The Hall–Kier alpha value is -3.10. The summed E-state index contributed by atoms with van der Waals surface area (Å²) in [6.45, 7) is 20.6. The van der Waals surface area contributed by atoms with Crippen molar-refractivity contribution in [3.05, 3.63) is 57.0 Å². The third kappa shape index (κ3) is 5.50. The van der Waals surface area contributed by atoms with E-state index in [0.717, 1.165) is 50.5 Å². The first-order valence-corrected chi connectivity index (χ1v) is 20.0. The van der Waals surface area contributed by atoms with Gasteiger partial charge in [0.1, 0.15) is 40.3 Å². The number of aliphatic carboxylic acids is 1. The van der Waals surface area contributed by atoms with Gasteiger partial charge in [0.25, 0.3) is 0 Å². The first-order chi connectivity index (χ1) is 24.6. The molecule has 8 nitrogen and oxygen atoms in total. The number of allylic oxidation sites excluding steroid dienone is 3. The lowest BCUT2D eigenvalue weighted by atomic mass is 9.33. The molecule has 2 aromatic rings. The number of rotatable bonds is 1. The van der Waals surface area contributed by atoms with Crippen molar-refractivity contribution in [2.75, 3.05) is 6.61 Å². The van der Waals surface area contributed by atoms with Gasteiger partial charge in [-0.2, -0.15) is 0 Å². The molecule has 0 spiro atoms. The highest BCUT2D eigenvalue weighted by Gasteiger charge is 2.71. The Morgan fingerprint density at radius 2 is 1.58 bits per heavy atom. The second-order valence-corrected chi connectivity index (χ2v) is 20.0. The van der Waals surface area contributed by atoms with Gasteiger partial charge in [-0.25, -0.2) is 0 Å². The average Bonchev–Trinajstić information content (AvgIpc) is 3.24. The van der Waals surface area contributed by atoms with Crippen LogP contribution in [0.2, 0.25) is 0 Å². The number of ether oxygens (including phenoxy) is 1. The molecule has 8 heteroatoms. The number of aliphatic hydroxyl groups excluding tert-OH is 2. The SMILES string of the molecule is CC1(C)CCC2(C(=O)O)C(O)CC3(C)C(=CCC4C5(C)CCC(O)C(C)(C)C5CCC43C)C2C1.CC1=CCc2c(cc3oc(C)cc(=O)c3c2O)OC1. The molecule has 2 heterocycles. The van der Waals surface area contributed by atoms with Crippen molar-refractivity contribution in [1.29, 1.82) is 0 Å². The predicted molar refractivity (Wildman–Crippen MR) is 206 cm³/mol. The van der Waals surface area contributed by atoms with Crippen molar-refractivity contribution in [3.63, 3.8) is 0 Å². The van der Waals surface area contributed by atoms with Crippen LogP contribution in [0.1, 0.15) is 125 Å². The Labute approximate surface area is 314 Å². The first kappa shape index (κ1) is 38.2. The highest BCUT2D eigenvalue weighted by atomic mass is 16.5. The summed E-state index contributed by atoms with van der Waals surface area (Å²) in [5, 5.41) is 43.6. The number of aromatic hydroxyl groups is 1. The molecule has 0 bridgehead atoms. The Balaban J connectivity index is 0.000000193. The van der Waals surface area contributed by atoms with E-state index in [-0.39, 0.29) is 55.7 Å². The highest BCUT2D eigenvalue weighted by molar-refractivity contribution is 5.87. The van der Waals surface area contributed by atoms with Gasteiger partial charge in [0.2, 0.25) is 0 Å². The number of carboxylic acid groups (broad SMARTS) is 1. The van der Waals surface area contributed by atoms with Crippen molar-refractivity contribution < 1.29 is 34.4 Å². The van der Waals surface area contributed by atoms with E-state index in [1.165, 1.54) is 11.6 Å². The predicted octanol–water partition coefficient (Wildman–Crippen LogP) is 8.89. The number of carbonyl (C=O) groups is 1. The van der Waals surface area contributed by atoms with E-state index >= 15 is 0 Å². The molecular weight excluding hydrogens is 668 g/mol. The van der Waals surface area contributed by atoms with Crippen LogP contribution in [0, 0.1) is 57.2 Å². The smallest absolute Gasteiger partial charge is 0.312 e. The topological polar surface area (TPSA) is 137 Å². The monoisotopic (exact) mass is 730 g/mol. The van der Waals surface area contributed by atoms with Crippen molar-refractivity contribution in [3.8, 4) is 11.5 Å². The minimum Gasteiger partial charge on any atom is -0.507 e. The summed E-state index contributed by atoms with van der Waals surface area (Å²) in [5.74, 6) is 1.14. The fourth-order valence-electron chi connectivity index (χ4n) is 13.0. The lowest BCUT2D eigenvalue weighted by Gasteiger charge is -2.71. The maximum absolute atomic E-state index is 12.8. The molecule has 9 unspecified atom stereocenters. The van der Waals surface area contributed by atoms with Gasteiger partial charge < -0.3 is 29.6 Å². The summed E-state index contributed by atoms with van der Waals surface area (Å²) >= 11 is 0. The minimum absolute atomic E-state index is 0.0218. The van der Waals surface area contributed by atoms with Crippen molar-refractivity contribution >= 4 is 16.9 Å². The van der Waals surface area contributed by atoms with Gasteiger partial charge in [0.15, 0.2) is 5.43 Å². The van der Waals surface area contributed by atoms with E-state index in [2.05, 4.69) is 54.5 Å². The molecule has 4 fully saturated rings. The van der Waals surface area contributed by atoms with Crippen LogP contribution in [0.25, 0.3) is 11.0 Å². The molecule has 0 radical (unpaired) electrons. The lowest BCUT2D eigenvalue weighted by Crippen LogP contribution is -2.67. The molecule has 8 rings (SSSR count). The maximum Gasteiger partial charge on any atom is 0.312 e. The van der Waals surface area contributed by atoms with Gasteiger partial charge in [0, 0.05) is 17.7 Å². The maximum atomic E-state index is 12.8. The molecule has 290 valence electrons. The van der Waals surface area contributed by atoms with Gasteiger partial charge in [-0.05, 0) is 128 Å². The minimum atomic E-state index is -1.04. The molecule has 1 aromatic heterocycles. The van der Waals surface area contributed by atoms with E-state index < -0.39 is 17.5 Å². The van der Waals surface area contributed by atoms with E-state index in [9.17, 15) is 30.0 Å². The van der Waals surface area contributed by atoms with Crippen LogP contribution < -0.4 is 10.2 Å². The van der Waals surface area contributed by atoms with Crippen LogP contribution in [-0.4, -0.2) is 45.2 Å². The first-order valence-electron chi connectivity index (χ1n) is 20.0. The van der Waals surface area contributed by atoms with E-state index in [1.807, 2.05) is 13.0 Å². The summed E-state index contributed by atoms with van der Waals surface area (Å²) in [6, 6.07) is 3.07. The van der Waals surface area contributed by atoms with Crippen molar-refractivity contribution in [2.45, 2.75) is 139 Å². The summed E-state index contributed by atoms with van der Waals surface area (Å²) < 4.78 is 11.1. The molecular formula is C45H62O8. The lowest BCUT2D eigenvalue weighted by molar-refractivity contribution is -0.218. The third-order valence-corrected chi connectivity index (χ3v) is 16.4. The second-order valence-electron chi connectivity index (χ2n) is 20.0. The van der Waals surface area contributed by atoms with Gasteiger partial charge in [-0.3, -0.25) is 9.59 Å². The second kappa shape index (κ2) is 12.5. The van der Waals surface area contributed by atoms with Crippen LogP contribution in [-0.2, 0) is 11.2 Å². The quantitative estimate of drug-likeness (QED) is 0.214. The van der Waals surface area contributed by atoms with E-state index in [1.54, 1.807) is 13.0 Å². The van der Waals surface area contributed by atoms with Gasteiger partial charge in [0.05, 0.1) is 12.2 Å². The molecule has 4 saturated carbocycles. The molecule has 9 atom stereocenters. The summed E-state index contributed by atoms with van der Waals surface area (Å²) in [7, 11) is 0. The number of hydrogen-bond donors (Lipinski definition) is 4. The molecule has 0 amide bonds. The fourth-order valence-corrected chi connectivity index (χ4v) is 13.0. The normalized spacial score (nSPS) is 39.5. The van der Waals surface area contributed by atoms with Gasteiger partial charge >= 0.3 is 5.97 Å². The number of phenolic OH excluding ortho intramolecular Hbond substituents is 1. The fraction of sp³-hybridized carbons (Fsp3) is 0.689. The molecule has 6 aliphatic rings. The number of fused-ring (bicyclic) bond motifs is 9.